The van der Waals surface area contributed by atoms with Crippen molar-refractivity contribution in [3.63, 3.8) is 0 Å². The third-order valence-electron chi connectivity index (χ3n) is 3.19. The minimum Gasteiger partial charge on any atom is -0.478 e. The molecule has 1 aromatic carbocycles. The fourth-order valence-corrected chi connectivity index (χ4v) is 2.11. The number of aromatic carboxylic acids is 1. The lowest BCUT2D eigenvalue weighted by Crippen LogP contribution is -2.14. The first kappa shape index (κ1) is 14.1. The first-order chi connectivity index (χ1) is 9.61. The number of carboxylic acids is 1. The number of aryl methyl sites for hydroxylation is 1. The molecule has 2 aromatic rings. The Labute approximate surface area is 118 Å². The van der Waals surface area contributed by atoms with Crippen molar-refractivity contribution < 1.29 is 9.90 Å². The molecule has 1 aromatic heterocycles. The first-order valence-electron chi connectivity index (χ1n) is 6.64. The van der Waals surface area contributed by atoms with Crippen LogP contribution in [0.1, 0.15) is 41.0 Å². The van der Waals surface area contributed by atoms with Crippen LogP contribution in [0.25, 0.3) is 0 Å². The second-order valence-electron chi connectivity index (χ2n) is 4.67. The normalized spacial score (nSPS) is 11.9. The third kappa shape index (κ3) is 3.15. The van der Waals surface area contributed by atoms with Crippen molar-refractivity contribution in [3.05, 3.63) is 59.3 Å². The molecule has 0 saturated heterocycles. The predicted octanol–water partition coefficient (Wildman–Crippen LogP) is 3.65. The lowest BCUT2D eigenvalue weighted by Gasteiger charge is -2.19. The monoisotopic (exact) mass is 270 g/mol. The van der Waals surface area contributed by atoms with Gasteiger partial charge in [0.15, 0.2) is 0 Å². The average molecular weight is 270 g/mol. The van der Waals surface area contributed by atoms with Gasteiger partial charge in [0, 0.05) is 5.69 Å². The van der Waals surface area contributed by atoms with Crippen molar-refractivity contribution in [2.75, 3.05) is 5.32 Å². The molecule has 0 bridgehead atoms. The number of nitrogens with one attached hydrogen (secondary N) is 1. The quantitative estimate of drug-likeness (QED) is 0.870. The summed E-state index contributed by atoms with van der Waals surface area (Å²) >= 11 is 0. The van der Waals surface area contributed by atoms with Crippen LogP contribution in [-0.2, 0) is 0 Å². The van der Waals surface area contributed by atoms with Gasteiger partial charge in [0.25, 0.3) is 0 Å². The van der Waals surface area contributed by atoms with Crippen LogP contribution in [0, 0.1) is 6.92 Å². The highest BCUT2D eigenvalue weighted by molar-refractivity contribution is 5.93. The summed E-state index contributed by atoms with van der Waals surface area (Å²) in [5.41, 5.74) is 2.11. The molecule has 0 aliphatic rings. The molecule has 2 rings (SSSR count). The SMILES string of the molecule is CCC(Nc1nc(C)ccc1C(=O)O)c1ccccc1. The highest BCUT2D eigenvalue weighted by Gasteiger charge is 2.16. The molecular formula is C16H18N2O2. The van der Waals surface area contributed by atoms with Crippen molar-refractivity contribution in [3.8, 4) is 0 Å². The maximum Gasteiger partial charge on any atom is 0.339 e. The Hall–Kier alpha value is -2.36. The Morgan fingerprint density at radius 2 is 1.95 bits per heavy atom. The number of carboxylic acid groups (broad SMARTS) is 1. The second-order valence-corrected chi connectivity index (χ2v) is 4.67. The van der Waals surface area contributed by atoms with Gasteiger partial charge in [0.1, 0.15) is 11.4 Å². The number of aromatic nitrogens is 1. The van der Waals surface area contributed by atoms with Gasteiger partial charge in [-0.05, 0) is 31.0 Å². The van der Waals surface area contributed by atoms with Crippen LogP contribution >= 0.6 is 0 Å². The van der Waals surface area contributed by atoms with Crippen molar-refractivity contribution in [2.45, 2.75) is 26.3 Å². The topological polar surface area (TPSA) is 62.2 Å². The maximum atomic E-state index is 11.3. The van der Waals surface area contributed by atoms with Gasteiger partial charge in [0.05, 0.1) is 6.04 Å². The van der Waals surface area contributed by atoms with E-state index in [-0.39, 0.29) is 11.6 Å². The molecule has 4 heteroatoms. The van der Waals surface area contributed by atoms with Crippen molar-refractivity contribution in [1.82, 2.24) is 4.98 Å². The molecular weight excluding hydrogens is 252 g/mol. The average Bonchev–Trinajstić information content (AvgIpc) is 2.45. The molecule has 0 saturated carbocycles. The summed E-state index contributed by atoms with van der Waals surface area (Å²) in [6, 6.07) is 13.3. The molecule has 0 amide bonds. The van der Waals surface area contributed by atoms with Gasteiger partial charge in [-0.3, -0.25) is 0 Å². The van der Waals surface area contributed by atoms with Crippen LogP contribution in [0.2, 0.25) is 0 Å². The Morgan fingerprint density at radius 3 is 2.55 bits per heavy atom. The van der Waals surface area contributed by atoms with Crippen LogP contribution in [0.4, 0.5) is 5.82 Å². The van der Waals surface area contributed by atoms with E-state index in [0.717, 1.165) is 17.7 Å². The summed E-state index contributed by atoms with van der Waals surface area (Å²) in [5, 5.41) is 12.5. The first-order valence-corrected chi connectivity index (χ1v) is 6.64. The van der Waals surface area contributed by atoms with E-state index >= 15 is 0 Å². The van der Waals surface area contributed by atoms with E-state index in [1.54, 1.807) is 12.1 Å². The molecule has 0 aliphatic heterocycles. The molecule has 0 aliphatic carbocycles. The summed E-state index contributed by atoms with van der Waals surface area (Å²) < 4.78 is 0. The number of anilines is 1. The Balaban J connectivity index is 2.32. The second kappa shape index (κ2) is 6.19. The number of benzene rings is 1. The molecule has 0 fully saturated rings. The highest BCUT2D eigenvalue weighted by Crippen LogP contribution is 2.23. The molecule has 104 valence electrons. The lowest BCUT2D eigenvalue weighted by molar-refractivity contribution is 0.0697. The Morgan fingerprint density at radius 1 is 1.25 bits per heavy atom. The molecule has 0 spiro atoms. The van der Waals surface area contributed by atoms with E-state index in [1.165, 1.54) is 0 Å². The van der Waals surface area contributed by atoms with Crippen LogP contribution in [-0.4, -0.2) is 16.1 Å². The largest absolute Gasteiger partial charge is 0.478 e. The van der Waals surface area contributed by atoms with E-state index in [0.29, 0.717) is 5.82 Å². The van der Waals surface area contributed by atoms with Crippen molar-refractivity contribution >= 4 is 11.8 Å². The van der Waals surface area contributed by atoms with E-state index in [2.05, 4.69) is 17.2 Å². The number of pyridine rings is 1. The van der Waals surface area contributed by atoms with E-state index < -0.39 is 5.97 Å². The van der Waals surface area contributed by atoms with Gasteiger partial charge in [0.2, 0.25) is 0 Å². The highest BCUT2D eigenvalue weighted by atomic mass is 16.4. The molecule has 0 radical (unpaired) electrons. The zero-order valence-corrected chi connectivity index (χ0v) is 11.6. The number of nitrogens with zero attached hydrogens (tertiary/aromatic N) is 1. The molecule has 1 unspecified atom stereocenters. The summed E-state index contributed by atoms with van der Waals surface area (Å²) in [5.74, 6) is -0.545. The molecule has 4 nitrogen and oxygen atoms in total. The van der Waals surface area contributed by atoms with Gasteiger partial charge >= 0.3 is 5.97 Å². The molecule has 1 atom stereocenters. The summed E-state index contributed by atoms with van der Waals surface area (Å²) in [6.07, 6.45) is 0.846. The van der Waals surface area contributed by atoms with Gasteiger partial charge in [-0.15, -0.1) is 0 Å². The van der Waals surface area contributed by atoms with Crippen LogP contribution in [0.15, 0.2) is 42.5 Å². The molecule has 20 heavy (non-hydrogen) atoms. The smallest absolute Gasteiger partial charge is 0.339 e. The van der Waals surface area contributed by atoms with E-state index in [9.17, 15) is 9.90 Å². The van der Waals surface area contributed by atoms with Crippen LogP contribution < -0.4 is 5.32 Å². The number of hydrogen-bond donors (Lipinski definition) is 2. The van der Waals surface area contributed by atoms with Gasteiger partial charge in [-0.1, -0.05) is 37.3 Å². The zero-order chi connectivity index (χ0) is 14.5. The zero-order valence-electron chi connectivity index (χ0n) is 11.6. The summed E-state index contributed by atoms with van der Waals surface area (Å²) in [6.45, 7) is 3.90. The van der Waals surface area contributed by atoms with Crippen LogP contribution in [0.3, 0.4) is 0 Å². The molecule has 1 heterocycles. The lowest BCUT2D eigenvalue weighted by atomic mass is 10.0. The fraction of sp³-hybridized carbons (Fsp3) is 0.250. The molecule has 2 N–H and O–H groups in total. The minimum absolute atomic E-state index is 0.0450. The summed E-state index contributed by atoms with van der Waals surface area (Å²) in [7, 11) is 0. The predicted molar refractivity (Wildman–Crippen MR) is 79.0 cm³/mol. The van der Waals surface area contributed by atoms with Crippen molar-refractivity contribution in [2.24, 2.45) is 0 Å². The number of carbonyl (C=O) groups is 1. The van der Waals surface area contributed by atoms with Gasteiger partial charge < -0.3 is 10.4 Å². The number of rotatable bonds is 5. The van der Waals surface area contributed by atoms with Gasteiger partial charge in [-0.25, -0.2) is 9.78 Å². The summed E-state index contributed by atoms with van der Waals surface area (Å²) in [4.78, 5) is 15.6. The van der Waals surface area contributed by atoms with Gasteiger partial charge in [-0.2, -0.15) is 0 Å². The van der Waals surface area contributed by atoms with Crippen molar-refractivity contribution in [1.29, 1.82) is 0 Å². The fourth-order valence-electron chi connectivity index (χ4n) is 2.11. The Bertz CT molecular complexity index is 597. The van der Waals surface area contributed by atoms with E-state index in [1.807, 2.05) is 37.3 Å². The third-order valence-corrected chi connectivity index (χ3v) is 3.19. The maximum absolute atomic E-state index is 11.3. The van der Waals surface area contributed by atoms with E-state index in [4.69, 9.17) is 0 Å². The Kier molecular flexibility index (Phi) is 4.35. The minimum atomic E-state index is -0.970. The number of hydrogen-bond acceptors (Lipinski definition) is 3. The van der Waals surface area contributed by atoms with Crippen LogP contribution in [0.5, 0.6) is 0 Å². The standard InChI is InChI=1S/C16H18N2O2/c1-3-14(12-7-5-4-6-8-12)18-15-13(16(19)20)10-9-11(2)17-15/h4-10,14H,3H2,1-2H3,(H,17,18)(H,19,20).